The molecule has 2 fully saturated rings. The van der Waals surface area contributed by atoms with E-state index in [1.807, 2.05) is 25.1 Å². The molecule has 28 heavy (non-hydrogen) atoms. The molecule has 6 heteroatoms. The SMILES string of the molecule is COCCNC(=O)C1CCCN(C2CCN(Cc3cccc(C)c3F)CC2)C1. The number of rotatable bonds is 7. The van der Waals surface area contributed by atoms with E-state index < -0.39 is 0 Å². The summed E-state index contributed by atoms with van der Waals surface area (Å²) in [5, 5.41) is 2.99. The summed E-state index contributed by atoms with van der Waals surface area (Å²) in [7, 11) is 1.65. The Hall–Kier alpha value is -1.50. The average molecular weight is 392 g/mol. The fourth-order valence-corrected chi connectivity index (χ4v) is 4.49. The molecule has 0 saturated carbocycles. The van der Waals surface area contributed by atoms with Crippen molar-refractivity contribution in [2.75, 3.05) is 46.4 Å². The molecule has 5 nitrogen and oxygen atoms in total. The summed E-state index contributed by atoms with van der Waals surface area (Å²) in [4.78, 5) is 17.2. The predicted octanol–water partition coefficient (Wildman–Crippen LogP) is 2.57. The van der Waals surface area contributed by atoms with Crippen LogP contribution in [0.1, 0.15) is 36.8 Å². The molecule has 2 aliphatic heterocycles. The van der Waals surface area contributed by atoms with E-state index >= 15 is 0 Å². The Morgan fingerprint density at radius 1 is 1.25 bits per heavy atom. The summed E-state index contributed by atoms with van der Waals surface area (Å²) < 4.78 is 19.3. The van der Waals surface area contributed by atoms with Crippen LogP contribution < -0.4 is 5.32 Å². The Labute approximate surface area is 168 Å². The number of nitrogens with zero attached hydrogens (tertiary/aromatic N) is 2. The number of methoxy groups -OCH3 is 1. The quantitative estimate of drug-likeness (QED) is 0.726. The number of halogens is 1. The van der Waals surface area contributed by atoms with Gasteiger partial charge < -0.3 is 10.1 Å². The van der Waals surface area contributed by atoms with E-state index in [0.29, 0.717) is 25.7 Å². The number of piperidine rings is 2. The van der Waals surface area contributed by atoms with Gasteiger partial charge >= 0.3 is 0 Å². The van der Waals surface area contributed by atoms with Crippen molar-refractivity contribution >= 4 is 5.91 Å². The standard InChI is InChI=1S/C22H34FN3O2/c1-17-5-3-6-18(21(17)23)15-25-12-8-20(9-13-25)26-11-4-7-19(16-26)22(27)24-10-14-28-2/h3,5-6,19-20H,4,7-16H2,1-2H3,(H,24,27). The van der Waals surface area contributed by atoms with E-state index in [0.717, 1.165) is 63.0 Å². The number of ether oxygens (including phenoxy) is 1. The second kappa shape index (κ2) is 10.3. The average Bonchev–Trinajstić information content (AvgIpc) is 2.72. The Bertz CT molecular complexity index is 647. The zero-order valence-electron chi connectivity index (χ0n) is 17.3. The first-order valence-corrected chi connectivity index (χ1v) is 10.6. The van der Waals surface area contributed by atoms with Crippen LogP contribution in [-0.4, -0.2) is 68.2 Å². The van der Waals surface area contributed by atoms with Crippen LogP contribution in [0.2, 0.25) is 0 Å². The topological polar surface area (TPSA) is 44.8 Å². The van der Waals surface area contributed by atoms with Crippen LogP contribution in [0.4, 0.5) is 4.39 Å². The second-order valence-corrected chi connectivity index (χ2v) is 8.17. The van der Waals surface area contributed by atoms with Gasteiger partial charge in [0.2, 0.25) is 5.91 Å². The summed E-state index contributed by atoms with van der Waals surface area (Å²) in [6.45, 7) is 7.56. The van der Waals surface area contributed by atoms with Crippen molar-refractivity contribution in [2.24, 2.45) is 5.92 Å². The summed E-state index contributed by atoms with van der Waals surface area (Å²) in [6, 6.07) is 6.19. The zero-order chi connectivity index (χ0) is 19.9. The van der Waals surface area contributed by atoms with Gasteiger partial charge in [0.05, 0.1) is 12.5 Å². The molecule has 0 aromatic heterocycles. The maximum absolute atomic E-state index is 14.3. The highest BCUT2D eigenvalue weighted by Gasteiger charge is 2.31. The van der Waals surface area contributed by atoms with E-state index in [1.165, 1.54) is 0 Å². The van der Waals surface area contributed by atoms with E-state index in [1.54, 1.807) is 7.11 Å². The third-order valence-electron chi connectivity index (χ3n) is 6.17. The summed E-state index contributed by atoms with van der Waals surface area (Å²) in [6.07, 6.45) is 4.23. The fraction of sp³-hybridized carbons (Fsp3) is 0.682. The molecule has 1 aromatic rings. The van der Waals surface area contributed by atoms with Gasteiger partial charge in [0.25, 0.3) is 0 Å². The van der Waals surface area contributed by atoms with Crippen molar-refractivity contribution < 1.29 is 13.9 Å². The van der Waals surface area contributed by atoms with Gasteiger partial charge in [0.1, 0.15) is 5.82 Å². The molecule has 1 atom stereocenters. The van der Waals surface area contributed by atoms with Crippen molar-refractivity contribution in [3.63, 3.8) is 0 Å². The van der Waals surface area contributed by atoms with Crippen LogP contribution in [0.25, 0.3) is 0 Å². The molecule has 2 heterocycles. The van der Waals surface area contributed by atoms with Gasteiger partial charge in [-0.15, -0.1) is 0 Å². The summed E-state index contributed by atoms with van der Waals surface area (Å²) in [5.74, 6) is 0.183. The first-order chi connectivity index (χ1) is 13.6. The predicted molar refractivity (Wildman–Crippen MR) is 109 cm³/mol. The highest BCUT2D eigenvalue weighted by Crippen LogP contribution is 2.25. The minimum atomic E-state index is -0.0667. The monoisotopic (exact) mass is 391 g/mol. The Balaban J connectivity index is 1.46. The van der Waals surface area contributed by atoms with Crippen molar-refractivity contribution in [2.45, 2.75) is 45.2 Å². The van der Waals surface area contributed by atoms with Gasteiger partial charge in [-0.3, -0.25) is 14.6 Å². The van der Waals surface area contributed by atoms with Gasteiger partial charge in [0, 0.05) is 38.3 Å². The lowest BCUT2D eigenvalue weighted by atomic mass is 9.93. The molecule has 1 N–H and O–H groups in total. The van der Waals surface area contributed by atoms with Crippen molar-refractivity contribution in [3.05, 3.63) is 35.1 Å². The lowest BCUT2D eigenvalue weighted by Crippen LogP contribution is -2.50. The molecular weight excluding hydrogens is 357 g/mol. The molecule has 156 valence electrons. The first-order valence-electron chi connectivity index (χ1n) is 10.6. The van der Waals surface area contributed by atoms with Gasteiger partial charge in [-0.05, 0) is 57.8 Å². The van der Waals surface area contributed by atoms with Crippen molar-refractivity contribution in [3.8, 4) is 0 Å². The molecule has 2 saturated heterocycles. The number of carbonyl (C=O) groups excluding carboxylic acids is 1. The van der Waals surface area contributed by atoms with Crippen molar-refractivity contribution in [1.82, 2.24) is 15.1 Å². The van der Waals surface area contributed by atoms with Crippen LogP contribution in [0, 0.1) is 18.7 Å². The number of benzene rings is 1. The Morgan fingerprint density at radius 2 is 2.04 bits per heavy atom. The molecule has 1 amide bonds. The molecule has 0 bridgehead atoms. The van der Waals surface area contributed by atoms with Gasteiger partial charge in [0.15, 0.2) is 0 Å². The Morgan fingerprint density at radius 3 is 2.79 bits per heavy atom. The summed E-state index contributed by atoms with van der Waals surface area (Å²) >= 11 is 0. The van der Waals surface area contributed by atoms with Crippen LogP contribution in [0.5, 0.6) is 0 Å². The molecule has 3 rings (SSSR count). The third-order valence-corrected chi connectivity index (χ3v) is 6.17. The second-order valence-electron chi connectivity index (χ2n) is 8.17. The molecule has 0 aliphatic carbocycles. The molecular formula is C22H34FN3O2. The zero-order valence-corrected chi connectivity index (χ0v) is 17.3. The van der Waals surface area contributed by atoms with Crippen LogP contribution >= 0.6 is 0 Å². The molecule has 0 radical (unpaired) electrons. The largest absolute Gasteiger partial charge is 0.383 e. The fourth-order valence-electron chi connectivity index (χ4n) is 4.49. The number of amides is 1. The molecule has 0 spiro atoms. The van der Waals surface area contributed by atoms with E-state index in [4.69, 9.17) is 4.74 Å². The molecule has 2 aliphatic rings. The number of hydrogen-bond donors (Lipinski definition) is 1. The number of nitrogens with one attached hydrogen (secondary N) is 1. The van der Waals surface area contributed by atoms with Crippen molar-refractivity contribution in [1.29, 1.82) is 0 Å². The number of hydrogen-bond acceptors (Lipinski definition) is 4. The van der Waals surface area contributed by atoms with Gasteiger partial charge in [-0.25, -0.2) is 4.39 Å². The highest BCUT2D eigenvalue weighted by molar-refractivity contribution is 5.78. The normalized spacial score (nSPS) is 22.3. The number of carbonyl (C=O) groups is 1. The smallest absolute Gasteiger partial charge is 0.224 e. The maximum Gasteiger partial charge on any atom is 0.224 e. The number of aryl methyl sites for hydroxylation is 1. The third kappa shape index (κ3) is 5.52. The molecule has 1 unspecified atom stereocenters. The minimum absolute atomic E-state index is 0.0667. The van der Waals surface area contributed by atoms with E-state index in [-0.39, 0.29) is 17.6 Å². The van der Waals surface area contributed by atoms with Crippen LogP contribution in [0.15, 0.2) is 18.2 Å². The van der Waals surface area contributed by atoms with E-state index in [9.17, 15) is 9.18 Å². The van der Waals surface area contributed by atoms with Crippen LogP contribution in [-0.2, 0) is 16.1 Å². The lowest BCUT2D eigenvalue weighted by molar-refractivity contribution is -0.127. The van der Waals surface area contributed by atoms with Gasteiger partial charge in [-0.1, -0.05) is 18.2 Å². The Kier molecular flexibility index (Phi) is 7.82. The minimum Gasteiger partial charge on any atom is -0.383 e. The van der Waals surface area contributed by atoms with E-state index in [2.05, 4.69) is 15.1 Å². The maximum atomic E-state index is 14.3. The molecule has 1 aromatic carbocycles. The highest BCUT2D eigenvalue weighted by atomic mass is 19.1. The van der Waals surface area contributed by atoms with Crippen LogP contribution in [0.3, 0.4) is 0 Å². The number of likely N-dealkylation sites (tertiary alicyclic amines) is 2. The first kappa shape index (κ1) is 21.2. The lowest BCUT2D eigenvalue weighted by Gasteiger charge is -2.42. The van der Waals surface area contributed by atoms with Gasteiger partial charge in [-0.2, -0.15) is 0 Å². The summed E-state index contributed by atoms with van der Waals surface area (Å²) in [5.41, 5.74) is 1.51.